The molecule has 0 heterocycles. The molecule has 142 valence electrons. The van der Waals surface area contributed by atoms with E-state index in [1.165, 1.54) is 44.1 Å². The van der Waals surface area contributed by atoms with E-state index >= 15 is 0 Å². The van der Waals surface area contributed by atoms with Crippen molar-refractivity contribution in [1.29, 1.82) is 0 Å². The first-order valence-electron chi connectivity index (χ1n) is 10.2. The minimum absolute atomic E-state index is 0.386. The maximum Gasteiger partial charge on any atom is 0.336 e. The summed E-state index contributed by atoms with van der Waals surface area (Å²) in [7, 11) is 0. The van der Waals surface area contributed by atoms with Crippen LogP contribution in [0.1, 0.15) is 79.8 Å². The van der Waals surface area contributed by atoms with E-state index in [9.17, 15) is 9.90 Å². The fourth-order valence-corrected chi connectivity index (χ4v) is 4.40. The molecule has 0 spiro atoms. The number of carbonyl (C=O) groups is 1. The van der Waals surface area contributed by atoms with Crippen molar-refractivity contribution < 1.29 is 9.90 Å². The highest BCUT2D eigenvalue weighted by molar-refractivity contribution is 5.96. The lowest BCUT2D eigenvalue weighted by molar-refractivity contribution is 0.0697. The zero-order valence-corrected chi connectivity index (χ0v) is 16.4. The van der Waals surface area contributed by atoms with Crippen molar-refractivity contribution >= 4 is 12.0 Å². The van der Waals surface area contributed by atoms with Crippen LogP contribution in [0.3, 0.4) is 0 Å². The van der Waals surface area contributed by atoms with Gasteiger partial charge in [0, 0.05) is 0 Å². The first kappa shape index (κ1) is 19.4. The number of benzene rings is 2. The molecule has 1 aliphatic carbocycles. The molecule has 2 nitrogen and oxygen atoms in total. The Morgan fingerprint density at radius 1 is 1.07 bits per heavy atom. The quantitative estimate of drug-likeness (QED) is 0.592. The molecular weight excluding hydrogens is 332 g/mol. The van der Waals surface area contributed by atoms with E-state index in [-0.39, 0.29) is 0 Å². The van der Waals surface area contributed by atoms with Crippen LogP contribution in [0.2, 0.25) is 0 Å². The van der Waals surface area contributed by atoms with Crippen LogP contribution in [-0.4, -0.2) is 11.1 Å². The minimum atomic E-state index is -0.860. The molecule has 0 saturated heterocycles. The van der Waals surface area contributed by atoms with Crippen molar-refractivity contribution in [3.8, 4) is 11.1 Å². The van der Waals surface area contributed by atoms with Crippen LogP contribution < -0.4 is 0 Å². The Morgan fingerprint density at radius 3 is 2.37 bits per heavy atom. The van der Waals surface area contributed by atoms with Gasteiger partial charge in [0.25, 0.3) is 0 Å². The molecular formula is C25H30O2. The largest absolute Gasteiger partial charge is 0.478 e. The van der Waals surface area contributed by atoms with Crippen molar-refractivity contribution in [2.24, 2.45) is 5.92 Å². The summed E-state index contributed by atoms with van der Waals surface area (Å²) in [4.78, 5) is 11.8. The van der Waals surface area contributed by atoms with Crippen LogP contribution in [0.15, 0.2) is 48.5 Å². The summed E-state index contributed by atoms with van der Waals surface area (Å²) in [6.07, 6.45) is 11.7. The Bertz CT molecular complexity index is 794. The number of rotatable bonds is 6. The van der Waals surface area contributed by atoms with Crippen molar-refractivity contribution in [2.75, 3.05) is 0 Å². The maximum atomic E-state index is 11.8. The first-order chi connectivity index (χ1) is 13.1. The van der Waals surface area contributed by atoms with Crippen molar-refractivity contribution in [3.05, 3.63) is 65.2 Å². The van der Waals surface area contributed by atoms with Gasteiger partial charge < -0.3 is 5.11 Å². The third kappa shape index (κ3) is 4.68. The number of carboxylic acids is 1. The summed E-state index contributed by atoms with van der Waals surface area (Å²) in [5.74, 6) is 0.575. The Labute approximate surface area is 162 Å². The molecule has 1 N–H and O–H groups in total. The second-order valence-electron chi connectivity index (χ2n) is 7.74. The predicted octanol–water partition coefficient (Wildman–Crippen LogP) is 7.16. The van der Waals surface area contributed by atoms with Gasteiger partial charge in [0.1, 0.15) is 0 Å². The molecule has 3 rings (SSSR count). The van der Waals surface area contributed by atoms with E-state index in [0.29, 0.717) is 11.5 Å². The van der Waals surface area contributed by atoms with Crippen LogP contribution in [-0.2, 0) is 0 Å². The standard InChI is InChI=1S/C25H30O2/c1-3-5-18-7-11-20(12-8-18)22-15-16-23(25(26)27)24(17-22)21-13-9-19(6-4-2)10-14-21/h4,6,9-10,13-18,20H,3,5,7-8,11-12H2,1-2H3,(H,26,27)/b6-4+. The molecule has 0 radical (unpaired) electrons. The molecule has 0 bridgehead atoms. The Kier molecular flexibility index (Phi) is 6.49. The topological polar surface area (TPSA) is 37.3 Å². The van der Waals surface area contributed by atoms with Gasteiger partial charge in [0.05, 0.1) is 5.56 Å². The molecule has 2 heteroatoms. The van der Waals surface area contributed by atoms with E-state index in [1.807, 2.05) is 49.4 Å². The fraction of sp³-hybridized carbons (Fsp3) is 0.400. The molecule has 0 amide bonds. The van der Waals surface area contributed by atoms with Gasteiger partial charge >= 0.3 is 5.97 Å². The van der Waals surface area contributed by atoms with Crippen LogP contribution in [0.25, 0.3) is 17.2 Å². The monoisotopic (exact) mass is 362 g/mol. The lowest BCUT2D eigenvalue weighted by atomic mass is 9.76. The third-order valence-corrected chi connectivity index (χ3v) is 5.87. The lowest BCUT2D eigenvalue weighted by Gasteiger charge is -2.29. The average Bonchev–Trinajstić information content (AvgIpc) is 2.69. The molecule has 1 fully saturated rings. The molecule has 2 aromatic rings. The normalized spacial score (nSPS) is 20.1. The fourth-order valence-electron chi connectivity index (χ4n) is 4.40. The highest BCUT2D eigenvalue weighted by Gasteiger charge is 2.23. The summed E-state index contributed by atoms with van der Waals surface area (Å²) < 4.78 is 0. The molecule has 27 heavy (non-hydrogen) atoms. The molecule has 1 saturated carbocycles. The average molecular weight is 363 g/mol. The minimum Gasteiger partial charge on any atom is -0.478 e. The number of allylic oxidation sites excluding steroid dienone is 1. The Morgan fingerprint density at radius 2 is 1.78 bits per heavy atom. The van der Waals surface area contributed by atoms with Gasteiger partial charge in [-0.05, 0) is 72.8 Å². The van der Waals surface area contributed by atoms with E-state index < -0.39 is 5.97 Å². The number of hydrogen-bond acceptors (Lipinski definition) is 1. The Hall–Kier alpha value is -2.35. The van der Waals surface area contributed by atoms with Gasteiger partial charge in [-0.2, -0.15) is 0 Å². The van der Waals surface area contributed by atoms with Gasteiger partial charge in [0.15, 0.2) is 0 Å². The van der Waals surface area contributed by atoms with E-state index in [2.05, 4.69) is 13.0 Å². The second kappa shape index (κ2) is 9.03. The van der Waals surface area contributed by atoms with Crippen LogP contribution >= 0.6 is 0 Å². The molecule has 0 unspecified atom stereocenters. The van der Waals surface area contributed by atoms with Gasteiger partial charge in [-0.25, -0.2) is 4.79 Å². The SMILES string of the molecule is C/C=C/c1ccc(-c2cc(C3CCC(CCC)CC3)ccc2C(=O)O)cc1. The summed E-state index contributed by atoms with van der Waals surface area (Å²) in [5.41, 5.74) is 4.62. The van der Waals surface area contributed by atoms with E-state index in [1.54, 1.807) is 6.07 Å². The van der Waals surface area contributed by atoms with Crippen molar-refractivity contribution in [3.63, 3.8) is 0 Å². The number of carboxylic acid groups (broad SMARTS) is 1. The zero-order chi connectivity index (χ0) is 19.2. The van der Waals surface area contributed by atoms with Gasteiger partial charge in [-0.3, -0.25) is 0 Å². The first-order valence-corrected chi connectivity index (χ1v) is 10.2. The smallest absolute Gasteiger partial charge is 0.336 e. The van der Waals surface area contributed by atoms with Crippen LogP contribution in [0.5, 0.6) is 0 Å². The van der Waals surface area contributed by atoms with Gasteiger partial charge in [0.2, 0.25) is 0 Å². The summed E-state index contributed by atoms with van der Waals surface area (Å²) in [6.45, 7) is 4.26. The van der Waals surface area contributed by atoms with Crippen LogP contribution in [0.4, 0.5) is 0 Å². The molecule has 0 aliphatic heterocycles. The predicted molar refractivity (Wildman–Crippen MR) is 113 cm³/mol. The lowest BCUT2D eigenvalue weighted by Crippen LogP contribution is -2.13. The van der Waals surface area contributed by atoms with Gasteiger partial charge in [-0.15, -0.1) is 0 Å². The Balaban J connectivity index is 1.88. The maximum absolute atomic E-state index is 11.8. The highest BCUT2D eigenvalue weighted by Crippen LogP contribution is 2.39. The van der Waals surface area contributed by atoms with Crippen molar-refractivity contribution in [2.45, 2.75) is 58.3 Å². The number of aromatic carboxylic acids is 1. The molecule has 0 aromatic heterocycles. The summed E-state index contributed by atoms with van der Waals surface area (Å²) in [6, 6.07) is 14.1. The van der Waals surface area contributed by atoms with E-state index in [0.717, 1.165) is 22.6 Å². The van der Waals surface area contributed by atoms with Gasteiger partial charge in [-0.1, -0.05) is 68.3 Å². The highest BCUT2D eigenvalue weighted by atomic mass is 16.4. The molecule has 2 aromatic carbocycles. The number of hydrogen-bond donors (Lipinski definition) is 1. The van der Waals surface area contributed by atoms with E-state index in [4.69, 9.17) is 0 Å². The zero-order valence-electron chi connectivity index (χ0n) is 16.4. The second-order valence-corrected chi connectivity index (χ2v) is 7.74. The summed E-state index contributed by atoms with van der Waals surface area (Å²) in [5, 5.41) is 9.65. The van der Waals surface area contributed by atoms with Crippen molar-refractivity contribution in [1.82, 2.24) is 0 Å². The third-order valence-electron chi connectivity index (χ3n) is 5.87. The summed E-state index contributed by atoms with van der Waals surface area (Å²) >= 11 is 0. The molecule has 0 atom stereocenters. The molecule has 1 aliphatic rings. The van der Waals surface area contributed by atoms with Crippen LogP contribution in [0, 0.1) is 5.92 Å².